The molecule has 0 spiro atoms. The number of halogens is 1. The van der Waals surface area contributed by atoms with Crippen molar-refractivity contribution < 1.29 is 17.9 Å². The number of sulfonamides is 1. The van der Waals surface area contributed by atoms with E-state index in [1.54, 1.807) is 24.1 Å². The van der Waals surface area contributed by atoms with E-state index in [-0.39, 0.29) is 29.3 Å². The van der Waals surface area contributed by atoms with E-state index in [1.165, 1.54) is 33.3 Å². The molecule has 1 aliphatic rings. The topological polar surface area (TPSA) is 83.1 Å². The third-order valence-electron chi connectivity index (χ3n) is 6.53. The number of rotatable bonds is 9. The lowest BCUT2D eigenvalue weighted by Crippen LogP contribution is -2.37. The van der Waals surface area contributed by atoms with Crippen molar-refractivity contribution in [2.45, 2.75) is 37.7 Å². The van der Waals surface area contributed by atoms with E-state index in [2.05, 4.69) is 19.9 Å². The molecule has 37 heavy (non-hydrogen) atoms. The number of amides is 1. The first-order valence-corrected chi connectivity index (χ1v) is 14.3. The van der Waals surface area contributed by atoms with Gasteiger partial charge in [-0.3, -0.25) is 9.69 Å². The van der Waals surface area contributed by atoms with Crippen LogP contribution in [-0.4, -0.2) is 82.0 Å². The molecule has 8 nitrogen and oxygen atoms in total. The van der Waals surface area contributed by atoms with Crippen molar-refractivity contribution in [3.05, 3.63) is 53.1 Å². The van der Waals surface area contributed by atoms with E-state index in [0.29, 0.717) is 36.9 Å². The molecule has 1 saturated heterocycles. The molecule has 1 fully saturated rings. The van der Waals surface area contributed by atoms with Gasteiger partial charge in [0, 0.05) is 38.9 Å². The van der Waals surface area contributed by atoms with Gasteiger partial charge in [-0.25, -0.2) is 13.4 Å². The molecule has 4 rings (SSSR count). The highest BCUT2D eigenvalue weighted by Gasteiger charge is 2.27. The van der Waals surface area contributed by atoms with Gasteiger partial charge in [-0.2, -0.15) is 4.31 Å². The minimum atomic E-state index is -3.68. The Morgan fingerprint density at radius 1 is 1.08 bits per heavy atom. The van der Waals surface area contributed by atoms with Crippen molar-refractivity contribution in [3.63, 3.8) is 0 Å². The average molecular weight is 567 g/mol. The van der Waals surface area contributed by atoms with Crippen LogP contribution in [0.1, 0.15) is 34.3 Å². The molecular formula is C26H35ClN4O4S2. The monoisotopic (exact) mass is 566 g/mol. The van der Waals surface area contributed by atoms with Crippen LogP contribution in [0.3, 0.4) is 0 Å². The summed E-state index contributed by atoms with van der Waals surface area (Å²) in [5.41, 5.74) is 3.63. The van der Waals surface area contributed by atoms with Crippen molar-refractivity contribution in [2.24, 2.45) is 0 Å². The predicted octanol–water partition coefficient (Wildman–Crippen LogP) is 4.34. The molecule has 2 aromatic carbocycles. The summed E-state index contributed by atoms with van der Waals surface area (Å²) >= 11 is 1.49. The summed E-state index contributed by atoms with van der Waals surface area (Å²) in [5, 5.41) is 0.634. The SMILES string of the molecule is Cc1cc2nc(N(CCN(C)C)C(=O)c3ccc(S(=O)(=O)N(C)CC4CCCO4)cc3)sc2cc1C.Cl. The van der Waals surface area contributed by atoms with Crippen LogP contribution in [0.15, 0.2) is 41.3 Å². The fourth-order valence-electron chi connectivity index (χ4n) is 4.15. The van der Waals surface area contributed by atoms with Crippen LogP contribution in [0.2, 0.25) is 0 Å². The molecule has 202 valence electrons. The molecule has 1 amide bonds. The number of anilines is 1. The Hall–Kier alpha value is -2.08. The molecule has 2 heterocycles. The zero-order chi connectivity index (χ0) is 26.0. The lowest BCUT2D eigenvalue weighted by molar-refractivity contribution is 0.0978. The molecule has 11 heteroatoms. The number of hydrogen-bond donors (Lipinski definition) is 0. The summed E-state index contributed by atoms with van der Waals surface area (Å²) in [6, 6.07) is 10.3. The Morgan fingerprint density at radius 3 is 2.38 bits per heavy atom. The van der Waals surface area contributed by atoms with Crippen LogP contribution < -0.4 is 4.90 Å². The Labute approximate surface area is 229 Å². The fraction of sp³-hybridized carbons (Fsp3) is 0.462. The zero-order valence-electron chi connectivity index (χ0n) is 21.9. The summed E-state index contributed by atoms with van der Waals surface area (Å²) in [7, 11) is 1.81. The smallest absolute Gasteiger partial charge is 0.260 e. The van der Waals surface area contributed by atoms with Crippen LogP contribution in [-0.2, 0) is 14.8 Å². The molecule has 1 unspecified atom stereocenters. The van der Waals surface area contributed by atoms with E-state index in [0.717, 1.165) is 28.6 Å². The molecule has 1 aliphatic heterocycles. The van der Waals surface area contributed by atoms with Crippen molar-refractivity contribution in [2.75, 3.05) is 52.3 Å². The fourth-order valence-corrected chi connectivity index (χ4v) is 6.42. The summed E-state index contributed by atoms with van der Waals surface area (Å²) < 4.78 is 34.0. The van der Waals surface area contributed by atoms with Gasteiger partial charge in [-0.15, -0.1) is 12.4 Å². The van der Waals surface area contributed by atoms with Crippen molar-refractivity contribution in [3.8, 4) is 0 Å². The molecule has 3 aromatic rings. The van der Waals surface area contributed by atoms with E-state index in [4.69, 9.17) is 9.72 Å². The molecule has 1 aromatic heterocycles. The van der Waals surface area contributed by atoms with Crippen molar-refractivity contribution >= 4 is 55.0 Å². The molecule has 0 radical (unpaired) electrons. The second kappa shape index (κ2) is 12.2. The van der Waals surface area contributed by atoms with Gasteiger partial charge in [-0.05, 0) is 88.3 Å². The normalized spacial score (nSPS) is 15.9. The highest BCUT2D eigenvalue weighted by molar-refractivity contribution is 7.89. The van der Waals surface area contributed by atoms with Gasteiger partial charge in [0.25, 0.3) is 5.91 Å². The summed E-state index contributed by atoms with van der Waals surface area (Å²) in [4.78, 5) is 22.2. The standard InChI is InChI=1S/C26H34N4O4S2.ClH/c1-18-15-23-24(16-19(18)2)35-26(27-23)30(13-12-28(3)4)25(31)20-8-10-22(11-9-20)36(32,33)29(5)17-21-7-6-14-34-21;/h8-11,15-16,21H,6-7,12-14,17H2,1-5H3;1H. The Bertz CT molecular complexity index is 1300. The highest BCUT2D eigenvalue weighted by Crippen LogP contribution is 2.32. The molecule has 1 atom stereocenters. The molecule has 0 bridgehead atoms. The first-order valence-electron chi connectivity index (χ1n) is 12.1. The van der Waals surface area contributed by atoms with Crippen LogP contribution in [0, 0.1) is 13.8 Å². The third-order valence-corrected chi connectivity index (χ3v) is 9.41. The average Bonchev–Trinajstić information content (AvgIpc) is 3.49. The van der Waals surface area contributed by atoms with Gasteiger partial charge in [0.15, 0.2) is 5.13 Å². The number of nitrogens with zero attached hydrogens (tertiary/aromatic N) is 4. The van der Waals surface area contributed by atoms with E-state index in [1.807, 2.05) is 25.1 Å². The number of carbonyl (C=O) groups excluding carboxylic acids is 1. The van der Waals surface area contributed by atoms with Gasteiger partial charge >= 0.3 is 0 Å². The first kappa shape index (κ1) is 29.5. The maximum Gasteiger partial charge on any atom is 0.260 e. The molecule has 0 N–H and O–H groups in total. The number of hydrogen-bond acceptors (Lipinski definition) is 7. The van der Waals surface area contributed by atoms with Gasteiger partial charge < -0.3 is 9.64 Å². The first-order chi connectivity index (χ1) is 17.1. The van der Waals surface area contributed by atoms with Gasteiger partial charge in [0.1, 0.15) is 0 Å². The van der Waals surface area contributed by atoms with E-state index < -0.39 is 10.0 Å². The third kappa shape index (κ3) is 6.68. The number of fused-ring (bicyclic) bond motifs is 1. The number of benzene rings is 2. The predicted molar refractivity (Wildman–Crippen MR) is 152 cm³/mol. The number of carbonyl (C=O) groups is 1. The largest absolute Gasteiger partial charge is 0.377 e. The maximum atomic E-state index is 13.6. The van der Waals surface area contributed by atoms with Gasteiger partial charge in [0.05, 0.1) is 21.2 Å². The number of aromatic nitrogens is 1. The quantitative estimate of drug-likeness (QED) is 0.383. The Morgan fingerprint density at radius 2 is 1.76 bits per heavy atom. The molecule has 0 saturated carbocycles. The maximum absolute atomic E-state index is 13.6. The zero-order valence-corrected chi connectivity index (χ0v) is 24.4. The minimum Gasteiger partial charge on any atom is -0.377 e. The van der Waals surface area contributed by atoms with E-state index in [9.17, 15) is 13.2 Å². The highest BCUT2D eigenvalue weighted by atomic mass is 35.5. The van der Waals surface area contributed by atoms with E-state index >= 15 is 0 Å². The van der Waals surface area contributed by atoms with Crippen LogP contribution >= 0.6 is 23.7 Å². The second-order valence-corrected chi connectivity index (χ2v) is 12.7. The number of ether oxygens (including phenoxy) is 1. The van der Waals surface area contributed by atoms with Crippen LogP contribution in [0.25, 0.3) is 10.2 Å². The Balaban J connectivity index is 0.00000380. The second-order valence-electron chi connectivity index (χ2n) is 9.61. The summed E-state index contributed by atoms with van der Waals surface area (Å²) in [6.07, 6.45) is 1.74. The molecular weight excluding hydrogens is 532 g/mol. The van der Waals surface area contributed by atoms with Crippen molar-refractivity contribution in [1.82, 2.24) is 14.2 Å². The lowest BCUT2D eigenvalue weighted by Gasteiger charge is -2.22. The number of likely N-dealkylation sites (N-methyl/N-ethyl adjacent to an activating group) is 2. The molecule has 0 aliphatic carbocycles. The van der Waals surface area contributed by atoms with Crippen molar-refractivity contribution in [1.29, 1.82) is 0 Å². The van der Waals surface area contributed by atoms with Gasteiger partial charge in [0.2, 0.25) is 10.0 Å². The lowest BCUT2D eigenvalue weighted by atomic mass is 10.1. The number of thiazole rings is 1. The van der Waals surface area contributed by atoms with Crippen LogP contribution in [0.4, 0.5) is 5.13 Å². The van der Waals surface area contributed by atoms with Gasteiger partial charge in [-0.1, -0.05) is 11.3 Å². The summed E-state index contributed by atoms with van der Waals surface area (Å²) in [5.74, 6) is -0.207. The Kier molecular flexibility index (Phi) is 9.71. The number of aryl methyl sites for hydroxylation is 2. The van der Waals surface area contributed by atoms with Crippen LogP contribution in [0.5, 0.6) is 0 Å². The minimum absolute atomic E-state index is 0. The summed E-state index contributed by atoms with van der Waals surface area (Å²) in [6.45, 7) is 6.24.